The first-order valence-corrected chi connectivity index (χ1v) is 10.5. The summed E-state index contributed by atoms with van der Waals surface area (Å²) in [7, 11) is -1.54. The minimum atomic E-state index is -3.55. The lowest BCUT2D eigenvalue weighted by molar-refractivity contribution is 0.367. The number of rotatable bonds is 3. The van der Waals surface area contributed by atoms with E-state index in [1.54, 1.807) is 16.4 Å². The molecule has 0 radical (unpaired) electrons. The predicted molar refractivity (Wildman–Crippen MR) is 109 cm³/mol. The van der Waals surface area contributed by atoms with Crippen LogP contribution in [0.1, 0.15) is 28.3 Å². The van der Waals surface area contributed by atoms with E-state index in [1.165, 1.54) is 16.5 Å². The smallest absolute Gasteiger partial charge is 0.243 e. The van der Waals surface area contributed by atoms with E-state index in [0.717, 1.165) is 16.8 Å². The van der Waals surface area contributed by atoms with Crippen molar-refractivity contribution in [2.45, 2.75) is 31.2 Å². The van der Waals surface area contributed by atoms with Crippen molar-refractivity contribution < 1.29 is 8.42 Å². The summed E-state index contributed by atoms with van der Waals surface area (Å²) in [5.41, 5.74) is 5.63. The molecule has 0 N–H and O–H groups in total. The van der Waals surface area contributed by atoms with Gasteiger partial charge in [-0.15, -0.1) is 6.58 Å². The fourth-order valence-electron chi connectivity index (χ4n) is 4.02. The monoisotopic (exact) mass is 380 g/mol. The number of fused-ring (bicyclic) bond motifs is 3. The summed E-state index contributed by atoms with van der Waals surface area (Å²) in [6.45, 7) is 8.82. The molecule has 0 unspecified atom stereocenters. The summed E-state index contributed by atoms with van der Waals surface area (Å²) < 4.78 is 30.2. The van der Waals surface area contributed by atoms with Crippen LogP contribution in [0, 0.1) is 13.8 Å². The lowest BCUT2D eigenvalue weighted by Gasteiger charge is -2.31. The molecule has 4 rings (SSSR count). The standard InChI is InChI=1S/C22H24N2O2S/c1-5-17-13-24(27(25,26)18-9-6-15(2)7-10-18)14-21-22(17)19-12-16(3)8-11-20(19)23(21)4/h5-12,17H,1,13-14H2,2-4H3/t17-/m1/s1. The molecule has 0 saturated heterocycles. The first kappa shape index (κ1) is 18.0. The molecule has 1 aliphatic heterocycles. The minimum absolute atomic E-state index is 0.0283. The van der Waals surface area contributed by atoms with E-state index in [2.05, 4.69) is 36.3 Å². The summed E-state index contributed by atoms with van der Waals surface area (Å²) in [5, 5.41) is 1.20. The fourth-order valence-corrected chi connectivity index (χ4v) is 5.45. The largest absolute Gasteiger partial charge is 0.346 e. The molecule has 2 heterocycles. The Kier molecular flexibility index (Phi) is 4.24. The van der Waals surface area contributed by atoms with Crippen LogP contribution < -0.4 is 0 Å². The van der Waals surface area contributed by atoms with Gasteiger partial charge in [0, 0.05) is 36.1 Å². The van der Waals surface area contributed by atoms with E-state index in [0.29, 0.717) is 18.0 Å². The third-order valence-corrected chi connectivity index (χ3v) is 7.39. The first-order valence-electron chi connectivity index (χ1n) is 9.10. The quantitative estimate of drug-likeness (QED) is 0.637. The maximum absolute atomic E-state index is 13.2. The molecule has 0 bridgehead atoms. The summed E-state index contributed by atoms with van der Waals surface area (Å²) in [6.07, 6.45) is 1.87. The molecule has 27 heavy (non-hydrogen) atoms. The van der Waals surface area contributed by atoms with Gasteiger partial charge in [0.2, 0.25) is 10.0 Å². The molecule has 0 saturated carbocycles. The van der Waals surface area contributed by atoms with Gasteiger partial charge < -0.3 is 4.57 Å². The average Bonchev–Trinajstić information content (AvgIpc) is 2.93. The molecule has 0 spiro atoms. The van der Waals surface area contributed by atoms with Gasteiger partial charge in [0.15, 0.2) is 0 Å². The molecule has 1 aromatic heterocycles. The molecule has 0 fully saturated rings. The molecule has 140 valence electrons. The number of aromatic nitrogens is 1. The van der Waals surface area contributed by atoms with Gasteiger partial charge in [-0.05, 0) is 43.7 Å². The number of aryl methyl sites for hydroxylation is 3. The Labute approximate surface area is 160 Å². The van der Waals surface area contributed by atoms with Crippen LogP contribution >= 0.6 is 0 Å². The molecule has 1 atom stereocenters. The second kappa shape index (κ2) is 6.36. The zero-order valence-corrected chi connectivity index (χ0v) is 16.8. The van der Waals surface area contributed by atoms with Crippen molar-refractivity contribution in [3.05, 3.63) is 77.5 Å². The van der Waals surface area contributed by atoms with Crippen LogP contribution in [0.15, 0.2) is 60.0 Å². The van der Waals surface area contributed by atoms with Gasteiger partial charge in [0.25, 0.3) is 0 Å². The van der Waals surface area contributed by atoms with Crippen LogP contribution in [0.25, 0.3) is 10.9 Å². The Hall–Kier alpha value is -2.37. The van der Waals surface area contributed by atoms with Crippen LogP contribution in [0.5, 0.6) is 0 Å². The average molecular weight is 381 g/mol. The highest BCUT2D eigenvalue weighted by Gasteiger charge is 2.35. The van der Waals surface area contributed by atoms with Crippen molar-refractivity contribution in [3.63, 3.8) is 0 Å². The van der Waals surface area contributed by atoms with Gasteiger partial charge in [-0.3, -0.25) is 0 Å². The number of hydrogen-bond donors (Lipinski definition) is 0. The number of benzene rings is 2. The van der Waals surface area contributed by atoms with Crippen molar-refractivity contribution in [2.24, 2.45) is 7.05 Å². The van der Waals surface area contributed by atoms with E-state index in [1.807, 2.05) is 32.2 Å². The highest BCUT2D eigenvalue weighted by Crippen LogP contribution is 2.39. The normalized spacial score (nSPS) is 17.8. The van der Waals surface area contributed by atoms with Gasteiger partial charge in [0.1, 0.15) is 0 Å². The molecule has 0 amide bonds. The molecule has 2 aromatic carbocycles. The van der Waals surface area contributed by atoms with Gasteiger partial charge in [-0.1, -0.05) is 35.4 Å². The van der Waals surface area contributed by atoms with Gasteiger partial charge in [0.05, 0.1) is 11.4 Å². The molecule has 4 nitrogen and oxygen atoms in total. The third-order valence-electron chi connectivity index (χ3n) is 5.56. The fraction of sp³-hybridized carbons (Fsp3) is 0.273. The van der Waals surface area contributed by atoms with Crippen LogP contribution in [-0.4, -0.2) is 23.8 Å². The molecule has 0 aliphatic carbocycles. The number of hydrogen-bond acceptors (Lipinski definition) is 2. The predicted octanol–water partition coefficient (Wildman–Crippen LogP) is 4.27. The van der Waals surface area contributed by atoms with Crippen molar-refractivity contribution >= 4 is 20.9 Å². The van der Waals surface area contributed by atoms with E-state index >= 15 is 0 Å². The van der Waals surface area contributed by atoms with Crippen LogP contribution in [0.2, 0.25) is 0 Å². The van der Waals surface area contributed by atoms with Gasteiger partial charge >= 0.3 is 0 Å². The topological polar surface area (TPSA) is 42.3 Å². The number of sulfonamides is 1. The Morgan fingerprint density at radius 1 is 1.07 bits per heavy atom. The van der Waals surface area contributed by atoms with Crippen molar-refractivity contribution in [3.8, 4) is 0 Å². The Bertz CT molecular complexity index is 1140. The van der Waals surface area contributed by atoms with Crippen molar-refractivity contribution in [1.82, 2.24) is 8.87 Å². The number of nitrogens with zero attached hydrogens (tertiary/aromatic N) is 2. The maximum Gasteiger partial charge on any atom is 0.243 e. The molecule has 3 aromatic rings. The Morgan fingerprint density at radius 2 is 1.74 bits per heavy atom. The van der Waals surface area contributed by atoms with Crippen molar-refractivity contribution in [2.75, 3.05) is 6.54 Å². The van der Waals surface area contributed by atoms with Gasteiger partial charge in [-0.25, -0.2) is 8.42 Å². The van der Waals surface area contributed by atoms with Crippen molar-refractivity contribution in [1.29, 1.82) is 0 Å². The summed E-state index contributed by atoms with van der Waals surface area (Å²) in [5.74, 6) is -0.0283. The van der Waals surface area contributed by atoms with Gasteiger partial charge in [-0.2, -0.15) is 4.31 Å². The lowest BCUT2D eigenvalue weighted by atomic mass is 9.92. The maximum atomic E-state index is 13.2. The van der Waals surface area contributed by atoms with Crippen LogP contribution in [0.4, 0.5) is 0 Å². The lowest BCUT2D eigenvalue weighted by Crippen LogP contribution is -2.38. The SMILES string of the molecule is C=C[C@@H]1CN(S(=O)(=O)c2ccc(C)cc2)Cc2c1c1cc(C)ccc1n2C. The van der Waals surface area contributed by atoms with Crippen LogP contribution in [0.3, 0.4) is 0 Å². The zero-order chi connectivity index (χ0) is 19.3. The van der Waals surface area contributed by atoms with Crippen LogP contribution in [-0.2, 0) is 23.6 Å². The van der Waals surface area contributed by atoms with E-state index in [-0.39, 0.29) is 5.92 Å². The second-order valence-corrected chi connectivity index (χ2v) is 9.33. The summed E-state index contributed by atoms with van der Waals surface area (Å²) in [6, 6.07) is 13.5. The highest BCUT2D eigenvalue weighted by molar-refractivity contribution is 7.89. The van der Waals surface area contributed by atoms with E-state index < -0.39 is 10.0 Å². The Balaban J connectivity index is 1.85. The van der Waals surface area contributed by atoms with E-state index in [9.17, 15) is 8.42 Å². The first-order chi connectivity index (χ1) is 12.8. The minimum Gasteiger partial charge on any atom is -0.346 e. The highest BCUT2D eigenvalue weighted by atomic mass is 32.2. The zero-order valence-electron chi connectivity index (χ0n) is 15.9. The molecule has 5 heteroatoms. The third kappa shape index (κ3) is 2.82. The molecular weight excluding hydrogens is 356 g/mol. The molecule has 1 aliphatic rings. The Morgan fingerprint density at radius 3 is 2.41 bits per heavy atom. The summed E-state index contributed by atoms with van der Waals surface area (Å²) in [4.78, 5) is 0.342. The second-order valence-electron chi connectivity index (χ2n) is 7.39. The molecular formula is C22H24N2O2S. The van der Waals surface area contributed by atoms with E-state index in [4.69, 9.17) is 0 Å². The summed E-state index contributed by atoms with van der Waals surface area (Å²) >= 11 is 0.